The van der Waals surface area contributed by atoms with E-state index < -0.39 is 0 Å². The third-order valence-electron chi connectivity index (χ3n) is 4.29. The third kappa shape index (κ3) is 2.96. The maximum absolute atomic E-state index is 12.5. The first-order valence-electron chi connectivity index (χ1n) is 7.35. The first kappa shape index (κ1) is 14.5. The Bertz CT molecular complexity index is 511. The van der Waals surface area contributed by atoms with Gasteiger partial charge >= 0.3 is 0 Å². The Morgan fingerprint density at radius 3 is 3.10 bits per heavy atom. The van der Waals surface area contributed by atoms with Crippen molar-refractivity contribution in [3.05, 3.63) is 22.4 Å². The molecule has 1 aromatic heterocycles. The van der Waals surface area contributed by atoms with Crippen LogP contribution in [0.3, 0.4) is 0 Å². The van der Waals surface area contributed by atoms with E-state index in [9.17, 15) is 9.59 Å². The highest BCUT2D eigenvalue weighted by Gasteiger charge is 2.43. The van der Waals surface area contributed by atoms with Crippen LogP contribution in [0.5, 0.6) is 0 Å². The molecular weight excluding hydrogens is 288 g/mol. The summed E-state index contributed by atoms with van der Waals surface area (Å²) in [7, 11) is 1.78. The molecule has 3 rings (SSSR count). The van der Waals surface area contributed by atoms with E-state index in [1.165, 1.54) is 0 Å². The highest BCUT2D eigenvalue weighted by atomic mass is 32.1. The summed E-state index contributed by atoms with van der Waals surface area (Å²) >= 11 is 1.59. The van der Waals surface area contributed by atoms with Crippen LogP contribution in [0.15, 0.2) is 17.5 Å². The van der Waals surface area contributed by atoms with Gasteiger partial charge < -0.3 is 15.0 Å². The number of ether oxygens (including phenoxy) is 1. The number of amides is 2. The molecule has 0 spiro atoms. The Labute approximate surface area is 128 Å². The van der Waals surface area contributed by atoms with Gasteiger partial charge in [-0.15, -0.1) is 11.3 Å². The lowest BCUT2D eigenvalue weighted by Crippen LogP contribution is -2.38. The molecule has 114 valence electrons. The molecule has 2 aliphatic rings. The van der Waals surface area contributed by atoms with Crippen molar-refractivity contribution in [2.24, 2.45) is 5.92 Å². The Balaban J connectivity index is 1.67. The van der Waals surface area contributed by atoms with Gasteiger partial charge in [-0.25, -0.2) is 0 Å². The van der Waals surface area contributed by atoms with Gasteiger partial charge in [0.05, 0.1) is 18.1 Å². The molecule has 0 bridgehead atoms. The molecule has 21 heavy (non-hydrogen) atoms. The summed E-state index contributed by atoms with van der Waals surface area (Å²) in [5.41, 5.74) is 0. The van der Waals surface area contributed by atoms with Crippen molar-refractivity contribution in [2.75, 3.05) is 20.2 Å². The standard InChI is InChI=1S/C15H20N2O3S/c1-17-13(18)8-11(14(17)12-5-3-7-21-12)15(19)16-9-10-4-2-6-20-10/h3,5,7,10-11,14H,2,4,6,8-9H2,1H3,(H,16,19)/t10-,11-,14-/m0/s1. The number of likely N-dealkylation sites (tertiary alicyclic amines) is 1. The Morgan fingerprint density at radius 1 is 1.57 bits per heavy atom. The minimum atomic E-state index is -0.303. The number of rotatable bonds is 4. The van der Waals surface area contributed by atoms with Gasteiger partial charge in [0.2, 0.25) is 11.8 Å². The molecule has 1 N–H and O–H groups in total. The Morgan fingerprint density at radius 2 is 2.43 bits per heavy atom. The average molecular weight is 308 g/mol. The van der Waals surface area contributed by atoms with E-state index in [2.05, 4.69) is 5.32 Å². The number of carbonyl (C=O) groups excluding carboxylic acids is 2. The summed E-state index contributed by atoms with van der Waals surface area (Å²) in [5, 5.41) is 4.94. The number of thiophene rings is 1. The SMILES string of the molecule is CN1C(=O)C[C@H](C(=O)NC[C@@H]2CCCO2)[C@H]1c1cccs1. The van der Waals surface area contributed by atoms with Crippen molar-refractivity contribution in [1.82, 2.24) is 10.2 Å². The summed E-state index contributed by atoms with van der Waals surface area (Å²) in [6.45, 7) is 1.33. The molecule has 0 radical (unpaired) electrons. The van der Waals surface area contributed by atoms with Crippen LogP contribution in [0.2, 0.25) is 0 Å². The first-order chi connectivity index (χ1) is 10.2. The minimum Gasteiger partial charge on any atom is -0.376 e. The maximum Gasteiger partial charge on any atom is 0.226 e. The fourth-order valence-electron chi connectivity index (χ4n) is 3.10. The van der Waals surface area contributed by atoms with Crippen LogP contribution < -0.4 is 5.32 Å². The molecule has 2 saturated heterocycles. The molecule has 2 aliphatic heterocycles. The second-order valence-electron chi connectivity index (χ2n) is 5.66. The predicted molar refractivity (Wildman–Crippen MR) is 79.9 cm³/mol. The van der Waals surface area contributed by atoms with Crippen LogP contribution >= 0.6 is 11.3 Å². The zero-order chi connectivity index (χ0) is 14.8. The largest absolute Gasteiger partial charge is 0.376 e. The normalized spacial score (nSPS) is 29.1. The fourth-order valence-corrected chi connectivity index (χ4v) is 4.04. The summed E-state index contributed by atoms with van der Waals surface area (Å²) in [6, 6.07) is 3.81. The number of hydrogen-bond donors (Lipinski definition) is 1. The lowest BCUT2D eigenvalue weighted by atomic mass is 9.98. The Kier molecular flexibility index (Phi) is 4.26. The number of nitrogens with one attached hydrogen (secondary N) is 1. The molecule has 3 heterocycles. The third-order valence-corrected chi connectivity index (χ3v) is 5.23. The molecule has 2 fully saturated rings. The van der Waals surface area contributed by atoms with Gasteiger partial charge in [-0.2, -0.15) is 0 Å². The molecule has 0 unspecified atom stereocenters. The van der Waals surface area contributed by atoms with E-state index in [1.807, 2.05) is 17.5 Å². The van der Waals surface area contributed by atoms with E-state index in [-0.39, 0.29) is 36.3 Å². The molecule has 0 saturated carbocycles. The monoisotopic (exact) mass is 308 g/mol. The Hall–Kier alpha value is -1.40. The lowest BCUT2D eigenvalue weighted by Gasteiger charge is -2.23. The molecule has 0 aliphatic carbocycles. The van der Waals surface area contributed by atoms with Gasteiger partial charge in [0, 0.05) is 31.5 Å². The summed E-state index contributed by atoms with van der Waals surface area (Å²) < 4.78 is 5.52. The van der Waals surface area contributed by atoms with E-state index >= 15 is 0 Å². The van der Waals surface area contributed by atoms with E-state index in [4.69, 9.17) is 4.74 Å². The predicted octanol–water partition coefficient (Wildman–Crippen LogP) is 1.56. The van der Waals surface area contributed by atoms with Crippen LogP contribution in [0.25, 0.3) is 0 Å². The molecule has 2 amide bonds. The average Bonchev–Trinajstić information content (AvgIpc) is 3.19. The first-order valence-corrected chi connectivity index (χ1v) is 8.23. The second kappa shape index (κ2) is 6.15. The molecular formula is C15H20N2O3S. The summed E-state index contributed by atoms with van der Waals surface area (Å²) in [6.07, 6.45) is 2.47. The maximum atomic E-state index is 12.5. The molecule has 5 nitrogen and oxygen atoms in total. The molecule has 1 aromatic rings. The van der Waals surface area contributed by atoms with Crippen LogP contribution in [0.1, 0.15) is 30.2 Å². The van der Waals surface area contributed by atoms with Gasteiger partial charge in [0.25, 0.3) is 0 Å². The van der Waals surface area contributed by atoms with Crippen molar-refractivity contribution < 1.29 is 14.3 Å². The topological polar surface area (TPSA) is 58.6 Å². The molecule has 3 atom stereocenters. The van der Waals surface area contributed by atoms with E-state index in [0.29, 0.717) is 6.54 Å². The van der Waals surface area contributed by atoms with Gasteiger partial charge in [-0.3, -0.25) is 9.59 Å². The highest BCUT2D eigenvalue weighted by Crippen LogP contribution is 2.39. The van der Waals surface area contributed by atoms with Crippen molar-refractivity contribution >= 4 is 23.2 Å². The van der Waals surface area contributed by atoms with Crippen LogP contribution in [0.4, 0.5) is 0 Å². The van der Waals surface area contributed by atoms with Crippen molar-refractivity contribution in [3.63, 3.8) is 0 Å². The molecule has 0 aromatic carbocycles. The number of carbonyl (C=O) groups is 2. The minimum absolute atomic E-state index is 0.0330. The van der Waals surface area contributed by atoms with Gasteiger partial charge in [-0.05, 0) is 24.3 Å². The van der Waals surface area contributed by atoms with Crippen LogP contribution in [0, 0.1) is 5.92 Å². The number of nitrogens with zero attached hydrogens (tertiary/aromatic N) is 1. The zero-order valence-electron chi connectivity index (χ0n) is 12.1. The van der Waals surface area contributed by atoms with Gasteiger partial charge in [0.15, 0.2) is 0 Å². The lowest BCUT2D eigenvalue weighted by molar-refractivity contribution is -0.128. The van der Waals surface area contributed by atoms with Crippen LogP contribution in [-0.4, -0.2) is 43.0 Å². The van der Waals surface area contributed by atoms with Crippen molar-refractivity contribution in [3.8, 4) is 0 Å². The van der Waals surface area contributed by atoms with Crippen molar-refractivity contribution in [1.29, 1.82) is 0 Å². The fraction of sp³-hybridized carbons (Fsp3) is 0.600. The van der Waals surface area contributed by atoms with Gasteiger partial charge in [0.1, 0.15) is 0 Å². The van der Waals surface area contributed by atoms with E-state index in [0.717, 1.165) is 24.3 Å². The number of hydrogen-bond acceptors (Lipinski definition) is 4. The summed E-state index contributed by atoms with van der Waals surface area (Å²) in [4.78, 5) is 27.2. The summed E-state index contributed by atoms with van der Waals surface area (Å²) in [5.74, 6) is -0.310. The highest BCUT2D eigenvalue weighted by molar-refractivity contribution is 7.10. The second-order valence-corrected chi connectivity index (χ2v) is 6.63. The smallest absolute Gasteiger partial charge is 0.226 e. The quantitative estimate of drug-likeness (QED) is 0.918. The van der Waals surface area contributed by atoms with Crippen LogP contribution in [-0.2, 0) is 14.3 Å². The molecule has 6 heteroatoms. The van der Waals surface area contributed by atoms with Gasteiger partial charge in [-0.1, -0.05) is 6.07 Å². The van der Waals surface area contributed by atoms with Crippen molar-refractivity contribution in [2.45, 2.75) is 31.4 Å². The van der Waals surface area contributed by atoms with E-state index in [1.54, 1.807) is 23.3 Å². The zero-order valence-corrected chi connectivity index (χ0v) is 12.9.